The number of fused-ring (bicyclic) bond motifs is 1. The molecule has 1 amide bonds. The van der Waals surface area contributed by atoms with Gasteiger partial charge in [-0.1, -0.05) is 47.7 Å². The van der Waals surface area contributed by atoms with E-state index in [1.54, 1.807) is 17.3 Å². The van der Waals surface area contributed by atoms with Crippen LogP contribution in [0.3, 0.4) is 0 Å². The van der Waals surface area contributed by atoms with Crippen LogP contribution in [-0.2, 0) is 17.8 Å². The number of thiazole rings is 1. The number of pyridine rings is 1. The number of hydrogen-bond donors (Lipinski definition) is 0. The van der Waals surface area contributed by atoms with Gasteiger partial charge in [0.05, 0.1) is 23.4 Å². The summed E-state index contributed by atoms with van der Waals surface area (Å²) in [7, 11) is 0. The molecule has 0 unspecified atom stereocenters. The van der Waals surface area contributed by atoms with Gasteiger partial charge in [-0.15, -0.1) is 0 Å². The van der Waals surface area contributed by atoms with Crippen molar-refractivity contribution in [2.45, 2.75) is 26.3 Å². The number of anilines is 1. The Morgan fingerprint density at radius 1 is 1.07 bits per heavy atom. The van der Waals surface area contributed by atoms with Crippen LogP contribution in [0.4, 0.5) is 5.13 Å². The van der Waals surface area contributed by atoms with Crippen molar-refractivity contribution in [1.29, 1.82) is 0 Å². The van der Waals surface area contributed by atoms with Crippen molar-refractivity contribution in [3.05, 3.63) is 84.2 Å². The van der Waals surface area contributed by atoms with Gasteiger partial charge in [0.2, 0.25) is 5.91 Å². The van der Waals surface area contributed by atoms with E-state index in [9.17, 15) is 4.79 Å². The van der Waals surface area contributed by atoms with Crippen LogP contribution in [-0.4, -0.2) is 22.5 Å². The van der Waals surface area contributed by atoms with E-state index in [1.807, 2.05) is 67.6 Å². The van der Waals surface area contributed by atoms with E-state index in [1.165, 1.54) is 11.3 Å². The van der Waals surface area contributed by atoms with Gasteiger partial charge in [-0.25, -0.2) is 4.98 Å². The lowest BCUT2D eigenvalue weighted by atomic mass is 10.1. The molecule has 0 aliphatic rings. The van der Waals surface area contributed by atoms with Gasteiger partial charge in [0.25, 0.3) is 0 Å². The Kier molecular flexibility index (Phi) is 6.35. The highest BCUT2D eigenvalue weighted by Gasteiger charge is 2.20. The minimum Gasteiger partial charge on any atom is -0.494 e. The van der Waals surface area contributed by atoms with Gasteiger partial charge >= 0.3 is 0 Å². The van der Waals surface area contributed by atoms with Gasteiger partial charge in [0, 0.05) is 18.8 Å². The Morgan fingerprint density at radius 3 is 2.67 bits per heavy atom. The largest absolute Gasteiger partial charge is 0.494 e. The quantitative estimate of drug-likeness (QED) is 0.393. The van der Waals surface area contributed by atoms with E-state index in [0.717, 1.165) is 27.1 Å². The molecule has 0 spiro atoms. The van der Waals surface area contributed by atoms with Crippen LogP contribution in [0, 0.1) is 0 Å². The van der Waals surface area contributed by atoms with Crippen molar-refractivity contribution in [3.63, 3.8) is 0 Å². The van der Waals surface area contributed by atoms with Gasteiger partial charge in [-0.05, 0) is 48.7 Å². The second-order valence-corrected chi connectivity index (χ2v) is 7.89. The topological polar surface area (TPSA) is 55.3 Å². The van der Waals surface area contributed by atoms with Crippen LogP contribution in [0.15, 0.2) is 73.1 Å². The van der Waals surface area contributed by atoms with Crippen molar-refractivity contribution in [3.8, 4) is 5.75 Å². The number of carbonyl (C=O) groups is 1. The predicted octanol–water partition coefficient (Wildman–Crippen LogP) is 5.26. The average Bonchev–Trinajstić information content (AvgIpc) is 3.20. The Balaban J connectivity index is 1.60. The lowest BCUT2D eigenvalue weighted by Gasteiger charge is -2.20. The number of aromatic nitrogens is 2. The molecule has 5 nitrogen and oxygen atoms in total. The molecule has 0 radical (unpaired) electrons. The third-order valence-corrected chi connectivity index (χ3v) is 5.77. The van der Waals surface area contributed by atoms with Crippen LogP contribution < -0.4 is 9.64 Å². The zero-order chi connectivity index (χ0) is 20.8. The smallest absolute Gasteiger partial charge is 0.229 e. The second kappa shape index (κ2) is 9.50. The zero-order valence-corrected chi connectivity index (χ0v) is 17.6. The van der Waals surface area contributed by atoms with Crippen molar-refractivity contribution in [2.75, 3.05) is 11.5 Å². The first-order valence-electron chi connectivity index (χ1n) is 9.99. The summed E-state index contributed by atoms with van der Waals surface area (Å²) in [4.78, 5) is 23.9. The molecule has 0 N–H and O–H groups in total. The van der Waals surface area contributed by atoms with Gasteiger partial charge in [0.1, 0.15) is 5.75 Å². The predicted molar refractivity (Wildman–Crippen MR) is 121 cm³/mol. The molecule has 0 saturated heterocycles. The Bertz CT molecular complexity index is 1110. The summed E-state index contributed by atoms with van der Waals surface area (Å²) in [5.74, 6) is 0.862. The minimum absolute atomic E-state index is 0.0480. The summed E-state index contributed by atoms with van der Waals surface area (Å²) in [6.45, 7) is 3.02. The van der Waals surface area contributed by atoms with Crippen molar-refractivity contribution < 1.29 is 9.53 Å². The first kappa shape index (κ1) is 20.0. The number of benzene rings is 2. The molecule has 0 aliphatic heterocycles. The molecular weight excluding hydrogens is 394 g/mol. The molecule has 0 atom stereocenters. The molecule has 152 valence electrons. The van der Waals surface area contributed by atoms with Crippen molar-refractivity contribution >= 4 is 32.6 Å². The summed E-state index contributed by atoms with van der Waals surface area (Å²) < 4.78 is 6.61. The lowest BCUT2D eigenvalue weighted by Crippen LogP contribution is -2.30. The molecule has 6 heteroatoms. The van der Waals surface area contributed by atoms with Crippen molar-refractivity contribution in [1.82, 2.24) is 9.97 Å². The highest BCUT2D eigenvalue weighted by Crippen LogP contribution is 2.32. The Morgan fingerprint density at radius 2 is 1.90 bits per heavy atom. The summed E-state index contributed by atoms with van der Waals surface area (Å²) in [6.07, 6.45) is 4.64. The molecule has 4 aromatic rings. The van der Waals surface area contributed by atoms with Gasteiger partial charge in [-0.3, -0.25) is 14.7 Å². The maximum atomic E-state index is 13.2. The fraction of sp³-hybridized carbons (Fsp3) is 0.208. The van der Waals surface area contributed by atoms with E-state index >= 15 is 0 Å². The van der Waals surface area contributed by atoms with E-state index < -0.39 is 0 Å². The molecule has 0 bridgehead atoms. The summed E-state index contributed by atoms with van der Waals surface area (Å²) >= 11 is 1.51. The highest BCUT2D eigenvalue weighted by atomic mass is 32.1. The summed E-state index contributed by atoms with van der Waals surface area (Å²) in [5, 5.41) is 0.695. The van der Waals surface area contributed by atoms with Crippen LogP contribution in [0.2, 0.25) is 0 Å². The Labute approximate surface area is 180 Å². The number of rotatable bonds is 8. The maximum Gasteiger partial charge on any atom is 0.229 e. The molecule has 4 rings (SSSR count). The monoisotopic (exact) mass is 417 g/mol. The van der Waals surface area contributed by atoms with Gasteiger partial charge < -0.3 is 4.74 Å². The minimum atomic E-state index is 0.0480. The fourth-order valence-corrected chi connectivity index (χ4v) is 4.24. The number of hydrogen-bond acceptors (Lipinski definition) is 5. The van der Waals surface area contributed by atoms with Gasteiger partial charge in [-0.2, -0.15) is 0 Å². The van der Waals surface area contributed by atoms with E-state index in [4.69, 9.17) is 9.72 Å². The normalized spacial score (nSPS) is 10.8. The Hall–Kier alpha value is -3.25. The number of aryl methyl sites for hydroxylation is 1. The molecule has 2 aromatic carbocycles. The third-order valence-electron chi connectivity index (χ3n) is 4.73. The summed E-state index contributed by atoms with van der Waals surface area (Å²) in [6, 6.07) is 19.8. The molecule has 2 aromatic heterocycles. The van der Waals surface area contributed by atoms with Crippen LogP contribution in [0.1, 0.15) is 24.5 Å². The van der Waals surface area contributed by atoms with E-state index in [0.29, 0.717) is 31.1 Å². The lowest BCUT2D eigenvalue weighted by molar-refractivity contribution is -0.118. The third kappa shape index (κ3) is 4.83. The molecule has 0 saturated carbocycles. The number of amides is 1. The molecule has 0 aliphatic carbocycles. The molecular formula is C24H23N3O2S. The van der Waals surface area contributed by atoms with Gasteiger partial charge in [0.15, 0.2) is 5.13 Å². The van der Waals surface area contributed by atoms with Crippen LogP contribution in [0.25, 0.3) is 10.2 Å². The second-order valence-electron chi connectivity index (χ2n) is 6.89. The fourth-order valence-electron chi connectivity index (χ4n) is 3.23. The number of ether oxygens (including phenoxy) is 1. The first-order valence-corrected chi connectivity index (χ1v) is 10.8. The number of nitrogens with zero attached hydrogens (tertiary/aromatic N) is 3. The summed E-state index contributed by atoms with van der Waals surface area (Å²) in [5.41, 5.74) is 2.99. The van der Waals surface area contributed by atoms with Crippen LogP contribution in [0.5, 0.6) is 5.75 Å². The van der Waals surface area contributed by atoms with Crippen molar-refractivity contribution in [2.24, 2.45) is 0 Å². The molecule has 30 heavy (non-hydrogen) atoms. The SMILES string of the molecule is CCOc1ccc2nc(N(Cc3cccnc3)C(=O)CCc3ccccc3)sc2c1. The van der Waals surface area contributed by atoms with E-state index in [-0.39, 0.29) is 5.91 Å². The molecule has 0 fully saturated rings. The average molecular weight is 418 g/mol. The maximum absolute atomic E-state index is 13.2. The standard InChI is InChI=1S/C24H23N3O2S/c1-2-29-20-11-12-21-22(15-20)30-24(26-21)27(17-19-9-6-14-25-16-19)23(28)13-10-18-7-4-3-5-8-18/h3-9,11-12,14-16H,2,10,13,17H2,1H3. The van der Waals surface area contributed by atoms with Crippen LogP contribution >= 0.6 is 11.3 Å². The number of carbonyl (C=O) groups excluding carboxylic acids is 1. The van der Waals surface area contributed by atoms with E-state index in [2.05, 4.69) is 4.98 Å². The zero-order valence-electron chi connectivity index (χ0n) is 16.8. The first-order chi connectivity index (χ1) is 14.7. The highest BCUT2D eigenvalue weighted by molar-refractivity contribution is 7.22. The molecule has 2 heterocycles.